The Bertz CT molecular complexity index is 742. The highest BCUT2D eigenvalue weighted by Crippen LogP contribution is 2.30. The lowest BCUT2D eigenvalue weighted by molar-refractivity contribution is 0.671. The number of thiazole rings is 1. The van der Waals surface area contributed by atoms with Gasteiger partial charge in [0, 0.05) is 36.9 Å². The zero-order valence-corrected chi connectivity index (χ0v) is 12.8. The second-order valence-electron chi connectivity index (χ2n) is 5.49. The van der Waals surface area contributed by atoms with Crippen LogP contribution in [-0.4, -0.2) is 22.5 Å². The van der Waals surface area contributed by atoms with E-state index in [-0.39, 0.29) is 0 Å². The Morgan fingerprint density at radius 3 is 2.90 bits per heavy atom. The molecule has 1 aromatic carbocycles. The third-order valence-corrected chi connectivity index (χ3v) is 4.69. The first kappa shape index (κ1) is 12.9. The molecule has 5 heteroatoms. The molecule has 0 saturated heterocycles. The predicted octanol–water partition coefficient (Wildman–Crippen LogP) is 3.42. The summed E-state index contributed by atoms with van der Waals surface area (Å²) >= 11 is 1.68. The van der Waals surface area contributed by atoms with Crippen molar-refractivity contribution >= 4 is 27.8 Å². The first-order chi connectivity index (χ1) is 10.3. The van der Waals surface area contributed by atoms with Crippen molar-refractivity contribution in [2.24, 2.45) is 0 Å². The Hall–Kier alpha value is -1.85. The minimum atomic E-state index is 0.698. The van der Waals surface area contributed by atoms with E-state index >= 15 is 0 Å². The molecule has 0 atom stereocenters. The number of aromatic nitrogens is 2. The van der Waals surface area contributed by atoms with E-state index in [1.54, 1.807) is 11.3 Å². The van der Waals surface area contributed by atoms with Crippen molar-refractivity contribution in [3.8, 4) is 0 Å². The van der Waals surface area contributed by atoms with Crippen LogP contribution in [0.15, 0.2) is 41.9 Å². The number of benzene rings is 1. The lowest BCUT2D eigenvalue weighted by Crippen LogP contribution is -2.19. The van der Waals surface area contributed by atoms with Crippen LogP contribution in [0.2, 0.25) is 0 Å². The van der Waals surface area contributed by atoms with Crippen LogP contribution in [-0.2, 0) is 6.54 Å². The van der Waals surface area contributed by atoms with Crippen LogP contribution in [0.5, 0.6) is 0 Å². The number of fused-ring (bicyclic) bond motifs is 1. The van der Waals surface area contributed by atoms with E-state index in [9.17, 15) is 0 Å². The fraction of sp³-hybridized carbons (Fsp3) is 0.312. The number of anilines is 2. The average molecular weight is 298 g/mol. The maximum atomic E-state index is 4.81. The predicted molar refractivity (Wildman–Crippen MR) is 87.4 cm³/mol. The van der Waals surface area contributed by atoms with E-state index in [1.807, 2.05) is 6.07 Å². The van der Waals surface area contributed by atoms with Crippen LogP contribution >= 0.6 is 11.3 Å². The van der Waals surface area contributed by atoms with E-state index in [0.717, 1.165) is 23.0 Å². The van der Waals surface area contributed by atoms with Crippen molar-refractivity contribution < 1.29 is 0 Å². The molecule has 0 unspecified atom stereocenters. The van der Waals surface area contributed by atoms with Gasteiger partial charge in [-0.15, -0.1) is 11.3 Å². The topological polar surface area (TPSA) is 32.6 Å². The molecule has 0 aliphatic heterocycles. The summed E-state index contributed by atoms with van der Waals surface area (Å²) in [5.74, 6) is 1.04. The molecular weight excluding hydrogens is 280 g/mol. The molecule has 1 fully saturated rings. The molecule has 2 aromatic heterocycles. The van der Waals surface area contributed by atoms with E-state index in [2.05, 4.69) is 57.5 Å². The van der Waals surface area contributed by atoms with E-state index < -0.39 is 0 Å². The number of nitrogens with one attached hydrogen (secondary N) is 1. The molecule has 1 aliphatic rings. The van der Waals surface area contributed by atoms with Crippen LogP contribution in [0.4, 0.5) is 11.5 Å². The lowest BCUT2D eigenvalue weighted by atomic mass is 10.3. The maximum absolute atomic E-state index is 4.81. The highest BCUT2D eigenvalue weighted by Gasteiger charge is 2.23. The Balaban J connectivity index is 1.72. The van der Waals surface area contributed by atoms with Gasteiger partial charge in [0.2, 0.25) is 0 Å². The molecule has 2 heterocycles. The van der Waals surface area contributed by atoms with Gasteiger partial charge in [0.25, 0.3) is 0 Å². The SMILES string of the molecule is CN(c1ccccc1)c1nc2sccn2c1CNC1CC1. The summed E-state index contributed by atoms with van der Waals surface area (Å²) in [6, 6.07) is 11.1. The highest BCUT2D eigenvalue weighted by molar-refractivity contribution is 7.15. The number of hydrogen-bond donors (Lipinski definition) is 1. The Kier molecular flexibility index (Phi) is 3.16. The van der Waals surface area contributed by atoms with Crippen molar-refractivity contribution in [2.45, 2.75) is 25.4 Å². The van der Waals surface area contributed by atoms with E-state index in [1.165, 1.54) is 18.5 Å². The van der Waals surface area contributed by atoms with Gasteiger partial charge in [-0.1, -0.05) is 18.2 Å². The van der Waals surface area contributed by atoms with E-state index in [4.69, 9.17) is 4.98 Å². The molecule has 0 radical (unpaired) electrons. The molecule has 108 valence electrons. The van der Waals surface area contributed by atoms with Gasteiger partial charge in [0.05, 0.1) is 5.69 Å². The van der Waals surface area contributed by atoms with Gasteiger partial charge in [0.1, 0.15) is 0 Å². The van der Waals surface area contributed by atoms with Gasteiger partial charge in [0.15, 0.2) is 10.8 Å². The van der Waals surface area contributed by atoms with Gasteiger partial charge in [-0.05, 0) is 25.0 Å². The third-order valence-electron chi connectivity index (χ3n) is 3.94. The smallest absolute Gasteiger partial charge is 0.195 e. The number of rotatable bonds is 5. The Labute approximate surface area is 128 Å². The standard InChI is InChI=1S/C16H18N4S/c1-19(13-5-3-2-4-6-13)15-14(11-17-12-7-8-12)20-9-10-21-16(20)18-15/h2-6,9-10,12,17H,7-8,11H2,1H3. The fourth-order valence-corrected chi connectivity index (χ4v) is 3.28. The van der Waals surface area contributed by atoms with Gasteiger partial charge in [-0.3, -0.25) is 4.40 Å². The number of nitrogens with zero attached hydrogens (tertiary/aromatic N) is 3. The second-order valence-corrected chi connectivity index (χ2v) is 6.36. The first-order valence-corrected chi connectivity index (χ1v) is 8.17. The van der Waals surface area contributed by atoms with Crippen LogP contribution in [0, 0.1) is 0 Å². The maximum Gasteiger partial charge on any atom is 0.195 e. The monoisotopic (exact) mass is 298 g/mol. The summed E-state index contributed by atoms with van der Waals surface area (Å²) in [6.45, 7) is 0.870. The first-order valence-electron chi connectivity index (χ1n) is 7.29. The van der Waals surface area contributed by atoms with E-state index in [0.29, 0.717) is 6.04 Å². The van der Waals surface area contributed by atoms with Crippen LogP contribution in [0.1, 0.15) is 18.5 Å². The highest BCUT2D eigenvalue weighted by atomic mass is 32.1. The van der Waals surface area contributed by atoms with Crippen molar-refractivity contribution in [1.82, 2.24) is 14.7 Å². The lowest BCUT2D eigenvalue weighted by Gasteiger charge is -2.18. The largest absolute Gasteiger partial charge is 0.328 e. The molecular formula is C16H18N4S. The Morgan fingerprint density at radius 2 is 2.14 bits per heavy atom. The molecule has 3 aromatic rings. The zero-order chi connectivity index (χ0) is 14.2. The normalized spacial score (nSPS) is 14.7. The molecule has 0 amide bonds. The van der Waals surface area contributed by atoms with Crippen LogP contribution < -0.4 is 10.2 Å². The van der Waals surface area contributed by atoms with Gasteiger partial charge < -0.3 is 10.2 Å². The minimum absolute atomic E-state index is 0.698. The molecule has 1 N–H and O–H groups in total. The fourth-order valence-electron chi connectivity index (χ4n) is 2.56. The van der Waals surface area contributed by atoms with Gasteiger partial charge in [-0.25, -0.2) is 4.98 Å². The molecule has 4 nitrogen and oxygen atoms in total. The van der Waals surface area contributed by atoms with Crippen molar-refractivity contribution in [3.05, 3.63) is 47.6 Å². The number of hydrogen-bond acceptors (Lipinski definition) is 4. The summed E-state index contributed by atoms with van der Waals surface area (Å²) in [6.07, 6.45) is 4.71. The summed E-state index contributed by atoms with van der Waals surface area (Å²) in [7, 11) is 2.09. The van der Waals surface area contributed by atoms with Crippen molar-refractivity contribution in [1.29, 1.82) is 0 Å². The van der Waals surface area contributed by atoms with Gasteiger partial charge in [-0.2, -0.15) is 0 Å². The average Bonchev–Trinajstić information content (AvgIpc) is 3.12. The summed E-state index contributed by atoms with van der Waals surface area (Å²) in [5.41, 5.74) is 2.40. The van der Waals surface area contributed by atoms with Crippen LogP contribution in [0.25, 0.3) is 4.96 Å². The van der Waals surface area contributed by atoms with Crippen molar-refractivity contribution in [2.75, 3.05) is 11.9 Å². The summed E-state index contributed by atoms with van der Waals surface area (Å²) in [4.78, 5) is 8.04. The van der Waals surface area contributed by atoms with Gasteiger partial charge >= 0.3 is 0 Å². The number of para-hydroxylation sites is 1. The van der Waals surface area contributed by atoms with Crippen LogP contribution in [0.3, 0.4) is 0 Å². The van der Waals surface area contributed by atoms with Crippen molar-refractivity contribution in [3.63, 3.8) is 0 Å². The molecule has 21 heavy (non-hydrogen) atoms. The molecule has 1 aliphatic carbocycles. The second kappa shape index (κ2) is 5.16. The third kappa shape index (κ3) is 2.43. The molecule has 4 rings (SSSR count). The molecule has 0 bridgehead atoms. The quantitative estimate of drug-likeness (QED) is 0.783. The summed E-state index contributed by atoms with van der Waals surface area (Å²) < 4.78 is 2.20. The Morgan fingerprint density at radius 1 is 1.33 bits per heavy atom. The summed E-state index contributed by atoms with van der Waals surface area (Å²) in [5, 5.41) is 5.70. The molecule has 1 saturated carbocycles. The number of imidazole rings is 1. The minimum Gasteiger partial charge on any atom is -0.328 e. The zero-order valence-electron chi connectivity index (χ0n) is 12.0. The molecule has 0 spiro atoms.